The van der Waals surface area contributed by atoms with E-state index in [1.54, 1.807) is 18.3 Å². The third kappa shape index (κ3) is 1.25. The summed E-state index contributed by atoms with van der Waals surface area (Å²) in [5, 5.41) is 0.890. The van der Waals surface area contributed by atoms with Gasteiger partial charge in [0.05, 0.1) is 0 Å². The Hall–Kier alpha value is -1.88. The highest BCUT2D eigenvalue weighted by molar-refractivity contribution is 5.96. The van der Waals surface area contributed by atoms with Crippen molar-refractivity contribution < 1.29 is 4.79 Å². The Kier molecular flexibility index (Phi) is 1.71. The summed E-state index contributed by atoms with van der Waals surface area (Å²) in [6.45, 7) is 0. The molecular formula is C8H8N4O. The second-order valence-corrected chi connectivity index (χ2v) is 2.60. The maximum Gasteiger partial charge on any atom is 0.281 e. The number of aromatic nitrogens is 2. The molecule has 1 amide bonds. The molecule has 5 nitrogen and oxygen atoms in total. The molecule has 0 saturated carbocycles. The number of hydrogen-bond donors (Lipinski definition) is 3. The van der Waals surface area contributed by atoms with Gasteiger partial charge in [0.2, 0.25) is 0 Å². The van der Waals surface area contributed by atoms with E-state index in [9.17, 15) is 4.79 Å². The molecule has 0 aliphatic carbocycles. The SMILES string of the molecule is NNC(=O)c1cc2cccnc2[nH]1. The molecular weight excluding hydrogens is 168 g/mol. The Morgan fingerprint density at radius 3 is 3.15 bits per heavy atom. The number of aromatic amines is 1. The van der Waals surface area contributed by atoms with Crippen molar-refractivity contribution in [1.82, 2.24) is 15.4 Å². The standard InChI is InChI=1S/C8H8N4O/c9-12-8(13)6-4-5-2-1-3-10-7(5)11-6/h1-4H,9H2,(H,10,11)(H,12,13). The first-order chi connectivity index (χ1) is 6.31. The number of hydrogen-bond acceptors (Lipinski definition) is 3. The lowest BCUT2D eigenvalue weighted by atomic mass is 10.3. The Morgan fingerprint density at radius 2 is 2.46 bits per heavy atom. The number of carbonyl (C=O) groups excluding carboxylic acids is 1. The van der Waals surface area contributed by atoms with Crippen LogP contribution < -0.4 is 11.3 Å². The van der Waals surface area contributed by atoms with Gasteiger partial charge in [-0.15, -0.1) is 0 Å². The van der Waals surface area contributed by atoms with Crippen LogP contribution >= 0.6 is 0 Å². The van der Waals surface area contributed by atoms with E-state index in [2.05, 4.69) is 9.97 Å². The summed E-state index contributed by atoms with van der Waals surface area (Å²) in [5.74, 6) is 4.64. The topological polar surface area (TPSA) is 83.8 Å². The largest absolute Gasteiger partial charge is 0.335 e. The van der Waals surface area contributed by atoms with Crippen LogP contribution in [-0.4, -0.2) is 15.9 Å². The lowest BCUT2D eigenvalue weighted by Crippen LogP contribution is -2.30. The third-order valence-corrected chi connectivity index (χ3v) is 1.77. The predicted molar refractivity (Wildman–Crippen MR) is 47.7 cm³/mol. The van der Waals surface area contributed by atoms with E-state index in [0.717, 1.165) is 5.39 Å². The molecule has 4 N–H and O–H groups in total. The minimum Gasteiger partial charge on any atom is -0.335 e. The lowest BCUT2D eigenvalue weighted by Gasteiger charge is -1.91. The summed E-state index contributed by atoms with van der Waals surface area (Å²) in [6.07, 6.45) is 1.66. The maximum absolute atomic E-state index is 11.1. The smallest absolute Gasteiger partial charge is 0.281 e. The zero-order valence-corrected chi connectivity index (χ0v) is 6.74. The summed E-state index contributed by atoms with van der Waals surface area (Å²) in [5.41, 5.74) is 3.14. The van der Waals surface area contributed by atoms with Crippen LogP contribution in [0.4, 0.5) is 0 Å². The van der Waals surface area contributed by atoms with Crippen LogP contribution in [-0.2, 0) is 0 Å². The predicted octanol–water partition coefficient (Wildman–Crippen LogP) is 0.166. The highest BCUT2D eigenvalue weighted by atomic mass is 16.2. The Morgan fingerprint density at radius 1 is 1.62 bits per heavy atom. The van der Waals surface area contributed by atoms with Crippen LogP contribution in [0.1, 0.15) is 10.5 Å². The number of nitrogens with one attached hydrogen (secondary N) is 2. The van der Waals surface area contributed by atoms with E-state index in [-0.39, 0.29) is 5.91 Å². The zero-order chi connectivity index (χ0) is 9.26. The van der Waals surface area contributed by atoms with Crippen LogP contribution in [0.25, 0.3) is 11.0 Å². The molecule has 0 aliphatic rings. The Bertz CT molecular complexity index is 415. The molecule has 0 atom stereocenters. The summed E-state index contributed by atoms with van der Waals surface area (Å²) in [7, 11) is 0. The minimum atomic E-state index is -0.349. The molecule has 2 heterocycles. The molecule has 0 bridgehead atoms. The van der Waals surface area contributed by atoms with Crippen molar-refractivity contribution in [3.05, 3.63) is 30.1 Å². The maximum atomic E-state index is 11.1. The highest BCUT2D eigenvalue weighted by Gasteiger charge is 2.06. The first-order valence-electron chi connectivity index (χ1n) is 3.76. The number of carbonyl (C=O) groups is 1. The van der Waals surface area contributed by atoms with Gasteiger partial charge in [-0.3, -0.25) is 10.2 Å². The number of amides is 1. The fourth-order valence-corrected chi connectivity index (χ4v) is 1.16. The third-order valence-electron chi connectivity index (χ3n) is 1.77. The van der Waals surface area contributed by atoms with E-state index in [1.807, 2.05) is 11.5 Å². The molecule has 2 rings (SSSR count). The van der Waals surface area contributed by atoms with Gasteiger partial charge in [0.15, 0.2) is 0 Å². The average Bonchev–Trinajstić information content (AvgIpc) is 2.59. The van der Waals surface area contributed by atoms with E-state index in [1.165, 1.54) is 0 Å². The van der Waals surface area contributed by atoms with E-state index >= 15 is 0 Å². The number of nitrogens with two attached hydrogens (primary N) is 1. The van der Waals surface area contributed by atoms with Crippen molar-refractivity contribution in [3.63, 3.8) is 0 Å². The Labute approximate surface area is 73.9 Å². The van der Waals surface area contributed by atoms with Crippen molar-refractivity contribution in [2.75, 3.05) is 0 Å². The number of fused-ring (bicyclic) bond motifs is 1. The van der Waals surface area contributed by atoms with Crippen molar-refractivity contribution >= 4 is 16.9 Å². The molecule has 2 aromatic rings. The first kappa shape index (κ1) is 7.75. The fraction of sp³-hybridized carbons (Fsp3) is 0. The van der Waals surface area contributed by atoms with Gasteiger partial charge >= 0.3 is 0 Å². The highest BCUT2D eigenvalue weighted by Crippen LogP contribution is 2.11. The Balaban J connectivity index is 2.56. The molecule has 2 aromatic heterocycles. The number of hydrazine groups is 1. The number of pyridine rings is 1. The van der Waals surface area contributed by atoms with Crippen LogP contribution in [0.15, 0.2) is 24.4 Å². The van der Waals surface area contributed by atoms with Crippen molar-refractivity contribution in [3.8, 4) is 0 Å². The minimum absolute atomic E-state index is 0.349. The number of nitrogens with zero attached hydrogens (tertiary/aromatic N) is 1. The molecule has 0 unspecified atom stereocenters. The van der Waals surface area contributed by atoms with E-state index in [4.69, 9.17) is 5.84 Å². The summed E-state index contributed by atoms with van der Waals surface area (Å²) >= 11 is 0. The molecule has 13 heavy (non-hydrogen) atoms. The van der Waals surface area contributed by atoms with Crippen molar-refractivity contribution in [2.24, 2.45) is 5.84 Å². The van der Waals surface area contributed by atoms with Gasteiger partial charge < -0.3 is 4.98 Å². The monoisotopic (exact) mass is 176 g/mol. The van der Waals surface area contributed by atoms with Gasteiger partial charge in [0.1, 0.15) is 11.3 Å². The molecule has 0 aromatic carbocycles. The molecule has 0 radical (unpaired) electrons. The molecule has 0 saturated heterocycles. The molecule has 5 heteroatoms. The number of rotatable bonds is 1. The molecule has 66 valence electrons. The second-order valence-electron chi connectivity index (χ2n) is 2.60. The molecule has 0 spiro atoms. The van der Waals surface area contributed by atoms with Gasteiger partial charge in [0.25, 0.3) is 5.91 Å². The summed E-state index contributed by atoms with van der Waals surface area (Å²) in [4.78, 5) is 18.0. The van der Waals surface area contributed by atoms with Crippen molar-refractivity contribution in [2.45, 2.75) is 0 Å². The van der Waals surface area contributed by atoms with Crippen LogP contribution in [0.3, 0.4) is 0 Å². The number of H-pyrrole nitrogens is 1. The van der Waals surface area contributed by atoms with Crippen molar-refractivity contribution in [1.29, 1.82) is 0 Å². The van der Waals surface area contributed by atoms with Crippen LogP contribution in [0.2, 0.25) is 0 Å². The van der Waals surface area contributed by atoms with E-state index < -0.39 is 0 Å². The summed E-state index contributed by atoms with van der Waals surface area (Å²) < 4.78 is 0. The van der Waals surface area contributed by atoms with Crippen LogP contribution in [0, 0.1) is 0 Å². The van der Waals surface area contributed by atoms with Gasteiger partial charge in [-0.1, -0.05) is 0 Å². The number of nitrogen functional groups attached to an aromatic ring is 1. The molecule has 0 fully saturated rings. The normalized spacial score (nSPS) is 10.2. The summed E-state index contributed by atoms with van der Waals surface area (Å²) in [6, 6.07) is 5.37. The first-order valence-corrected chi connectivity index (χ1v) is 3.76. The molecule has 0 aliphatic heterocycles. The van der Waals surface area contributed by atoms with Gasteiger partial charge in [-0.2, -0.15) is 0 Å². The van der Waals surface area contributed by atoms with Gasteiger partial charge in [-0.05, 0) is 18.2 Å². The zero-order valence-electron chi connectivity index (χ0n) is 6.74. The van der Waals surface area contributed by atoms with Gasteiger partial charge in [0, 0.05) is 11.6 Å². The second kappa shape index (κ2) is 2.87. The quantitative estimate of drug-likeness (QED) is 0.329. The fourth-order valence-electron chi connectivity index (χ4n) is 1.16. The van der Waals surface area contributed by atoms with Crippen LogP contribution in [0.5, 0.6) is 0 Å². The average molecular weight is 176 g/mol. The lowest BCUT2D eigenvalue weighted by molar-refractivity contribution is 0.0949. The van der Waals surface area contributed by atoms with Gasteiger partial charge in [-0.25, -0.2) is 10.8 Å². The van der Waals surface area contributed by atoms with E-state index in [0.29, 0.717) is 11.3 Å².